The van der Waals surface area contributed by atoms with Crippen LogP contribution < -0.4 is 5.32 Å². The van der Waals surface area contributed by atoms with E-state index in [9.17, 15) is 19.7 Å². The van der Waals surface area contributed by atoms with Crippen LogP contribution in [-0.4, -0.2) is 23.4 Å². The van der Waals surface area contributed by atoms with Crippen molar-refractivity contribution in [2.45, 2.75) is 6.54 Å². The fourth-order valence-corrected chi connectivity index (χ4v) is 1.98. The lowest BCUT2D eigenvalue weighted by molar-refractivity contribution is -0.385. The molecule has 128 valence electrons. The van der Waals surface area contributed by atoms with Crippen molar-refractivity contribution in [1.29, 1.82) is 0 Å². The molecule has 0 aromatic heterocycles. The van der Waals surface area contributed by atoms with Crippen LogP contribution in [0.4, 0.5) is 5.69 Å². The summed E-state index contributed by atoms with van der Waals surface area (Å²) in [6.07, 6.45) is 2.33. The highest BCUT2D eigenvalue weighted by atomic mass is 16.6. The summed E-state index contributed by atoms with van der Waals surface area (Å²) in [6.45, 7) is -0.0871. The molecule has 0 aliphatic carbocycles. The summed E-state index contributed by atoms with van der Waals surface area (Å²) < 4.78 is 4.81. The zero-order chi connectivity index (χ0) is 18.1. The molecule has 2 aromatic rings. The monoisotopic (exact) mass is 340 g/mol. The maximum absolute atomic E-state index is 11.6. The smallest absolute Gasteiger partial charge is 0.331 e. The van der Waals surface area contributed by atoms with E-state index in [0.717, 1.165) is 11.6 Å². The fraction of sp³-hybridized carbons (Fsp3) is 0.111. The van der Waals surface area contributed by atoms with Gasteiger partial charge in [-0.3, -0.25) is 14.9 Å². The van der Waals surface area contributed by atoms with Gasteiger partial charge in [0.15, 0.2) is 6.61 Å². The molecule has 0 fully saturated rings. The normalized spacial score (nSPS) is 10.4. The van der Waals surface area contributed by atoms with Crippen molar-refractivity contribution in [3.05, 3.63) is 81.9 Å². The van der Waals surface area contributed by atoms with Gasteiger partial charge in [-0.15, -0.1) is 0 Å². The predicted octanol–water partition coefficient (Wildman–Crippen LogP) is 2.47. The van der Waals surface area contributed by atoms with Crippen molar-refractivity contribution in [2.75, 3.05) is 6.61 Å². The SMILES string of the molecule is O=C(COC(=O)C=Cc1ccccc1[N+](=O)[O-])NCc1ccccc1. The van der Waals surface area contributed by atoms with E-state index in [1.165, 1.54) is 24.3 Å². The lowest BCUT2D eigenvalue weighted by atomic mass is 10.1. The third kappa shape index (κ3) is 5.91. The zero-order valence-corrected chi connectivity index (χ0v) is 13.3. The standard InChI is InChI=1S/C18H16N2O5/c21-17(19-12-14-6-2-1-3-7-14)13-25-18(22)11-10-15-8-4-5-9-16(15)20(23)24/h1-11H,12-13H2,(H,19,21). The number of esters is 1. The molecule has 0 unspecified atom stereocenters. The number of ether oxygens (including phenoxy) is 1. The topological polar surface area (TPSA) is 98.5 Å². The maximum atomic E-state index is 11.6. The third-order valence-electron chi connectivity index (χ3n) is 3.21. The molecule has 0 saturated heterocycles. The Morgan fingerprint density at radius 3 is 2.48 bits per heavy atom. The van der Waals surface area contributed by atoms with Crippen LogP contribution in [0, 0.1) is 10.1 Å². The largest absolute Gasteiger partial charge is 0.452 e. The van der Waals surface area contributed by atoms with Crippen LogP contribution >= 0.6 is 0 Å². The summed E-state index contributed by atoms with van der Waals surface area (Å²) >= 11 is 0. The van der Waals surface area contributed by atoms with Gasteiger partial charge in [0.1, 0.15) is 0 Å². The molecule has 0 radical (unpaired) electrons. The van der Waals surface area contributed by atoms with Crippen LogP contribution in [-0.2, 0) is 20.9 Å². The van der Waals surface area contributed by atoms with Crippen molar-refractivity contribution in [3.8, 4) is 0 Å². The average molecular weight is 340 g/mol. The van der Waals surface area contributed by atoms with Crippen LogP contribution in [0.15, 0.2) is 60.7 Å². The summed E-state index contributed by atoms with van der Waals surface area (Å²) in [5.41, 5.74) is 1.09. The Morgan fingerprint density at radius 2 is 1.76 bits per heavy atom. The van der Waals surface area contributed by atoms with Gasteiger partial charge in [0.25, 0.3) is 11.6 Å². The Morgan fingerprint density at radius 1 is 1.08 bits per heavy atom. The molecule has 0 aliphatic rings. The van der Waals surface area contributed by atoms with E-state index in [4.69, 9.17) is 4.74 Å². The highest BCUT2D eigenvalue weighted by Gasteiger charge is 2.10. The highest BCUT2D eigenvalue weighted by molar-refractivity contribution is 5.89. The van der Waals surface area contributed by atoms with E-state index < -0.39 is 23.4 Å². The van der Waals surface area contributed by atoms with Gasteiger partial charge < -0.3 is 10.1 Å². The number of nitro groups is 1. The van der Waals surface area contributed by atoms with Gasteiger partial charge in [-0.1, -0.05) is 42.5 Å². The summed E-state index contributed by atoms with van der Waals surface area (Å²) in [4.78, 5) is 33.6. The first kappa shape index (κ1) is 17.9. The maximum Gasteiger partial charge on any atom is 0.331 e. The molecule has 1 amide bonds. The number of para-hydroxylation sites is 1. The van der Waals surface area contributed by atoms with Crippen molar-refractivity contribution in [3.63, 3.8) is 0 Å². The number of nitro benzene ring substituents is 1. The number of hydrogen-bond acceptors (Lipinski definition) is 5. The summed E-state index contributed by atoms with van der Waals surface area (Å²) in [5.74, 6) is -1.19. The molecule has 25 heavy (non-hydrogen) atoms. The second-order valence-corrected chi connectivity index (χ2v) is 5.02. The lowest BCUT2D eigenvalue weighted by Gasteiger charge is -2.05. The van der Waals surface area contributed by atoms with Crippen molar-refractivity contribution >= 4 is 23.6 Å². The van der Waals surface area contributed by atoms with Gasteiger partial charge in [-0.25, -0.2) is 4.79 Å². The Hall–Kier alpha value is -3.48. The molecule has 0 bridgehead atoms. The molecule has 2 rings (SSSR count). The minimum atomic E-state index is -0.756. The molecule has 0 saturated carbocycles. The number of rotatable bonds is 7. The first-order valence-corrected chi connectivity index (χ1v) is 7.45. The summed E-state index contributed by atoms with van der Waals surface area (Å²) in [6, 6.07) is 15.3. The van der Waals surface area contributed by atoms with Crippen molar-refractivity contribution in [2.24, 2.45) is 0 Å². The van der Waals surface area contributed by atoms with E-state index in [1.807, 2.05) is 30.3 Å². The van der Waals surface area contributed by atoms with Gasteiger partial charge in [0.05, 0.1) is 10.5 Å². The van der Waals surface area contributed by atoms with E-state index in [0.29, 0.717) is 6.54 Å². The van der Waals surface area contributed by atoms with Crippen LogP contribution in [0.1, 0.15) is 11.1 Å². The number of nitrogens with one attached hydrogen (secondary N) is 1. The van der Waals surface area contributed by atoms with E-state index in [1.54, 1.807) is 6.07 Å². The number of carbonyl (C=O) groups is 2. The molecule has 0 spiro atoms. The molecule has 2 aromatic carbocycles. The van der Waals surface area contributed by atoms with Crippen LogP contribution in [0.3, 0.4) is 0 Å². The van der Waals surface area contributed by atoms with E-state index in [2.05, 4.69) is 5.32 Å². The average Bonchev–Trinajstić information content (AvgIpc) is 2.64. The van der Waals surface area contributed by atoms with Crippen molar-refractivity contribution in [1.82, 2.24) is 5.32 Å². The molecule has 1 N–H and O–H groups in total. The number of amides is 1. The van der Waals surface area contributed by atoms with Gasteiger partial charge in [-0.2, -0.15) is 0 Å². The summed E-state index contributed by atoms with van der Waals surface area (Å²) in [5, 5.41) is 13.5. The van der Waals surface area contributed by atoms with Crippen molar-refractivity contribution < 1.29 is 19.2 Å². The number of hydrogen-bond donors (Lipinski definition) is 1. The minimum Gasteiger partial charge on any atom is -0.452 e. The number of nitrogens with zero attached hydrogens (tertiary/aromatic N) is 1. The highest BCUT2D eigenvalue weighted by Crippen LogP contribution is 2.18. The molecule has 7 heteroatoms. The van der Waals surface area contributed by atoms with Crippen LogP contribution in [0.5, 0.6) is 0 Å². The second-order valence-electron chi connectivity index (χ2n) is 5.02. The quantitative estimate of drug-likeness (QED) is 0.361. The van der Waals surface area contributed by atoms with Gasteiger partial charge in [0.2, 0.25) is 0 Å². The Kier molecular flexibility index (Phi) is 6.41. The molecular weight excluding hydrogens is 324 g/mol. The molecule has 7 nitrogen and oxygen atoms in total. The Bertz CT molecular complexity index is 787. The second kappa shape index (κ2) is 8.97. The third-order valence-corrected chi connectivity index (χ3v) is 3.21. The Balaban J connectivity index is 1.80. The minimum absolute atomic E-state index is 0.118. The number of carbonyl (C=O) groups excluding carboxylic acids is 2. The van der Waals surface area contributed by atoms with Gasteiger partial charge in [-0.05, 0) is 17.7 Å². The van der Waals surface area contributed by atoms with Crippen LogP contribution in [0.2, 0.25) is 0 Å². The zero-order valence-electron chi connectivity index (χ0n) is 13.3. The molecule has 0 atom stereocenters. The van der Waals surface area contributed by atoms with Crippen LogP contribution in [0.25, 0.3) is 6.08 Å². The lowest BCUT2D eigenvalue weighted by Crippen LogP contribution is -2.28. The first-order valence-electron chi connectivity index (χ1n) is 7.45. The van der Waals surface area contributed by atoms with E-state index >= 15 is 0 Å². The summed E-state index contributed by atoms with van der Waals surface area (Å²) in [7, 11) is 0. The molecule has 0 heterocycles. The molecule has 0 aliphatic heterocycles. The predicted molar refractivity (Wildman–Crippen MR) is 91.4 cm³/mol. The van der Waals surface area contributed by atoms with Gasteiger partial charge >= 0.3 is 5.97 Å². The Labute approximate surface area is 144 Å². The fourth-order valence-electron chi connectivity index (χ4n) is 1.98. The first-order chi connectivity index (χ1) is 12.1. The number of benzene rings is 2. The molecular formula is C18H16N2O5. The van der Waals surface area contributed by atoms with E-state index in [-0.39, 0.29) is 11.3 Å². The van der Waals surface area contributed by atoms with Gasteiger partial charge in [0, 0.05) is 18.7 Å².